The molecule has 1 aromatic heterocycles. The van der Waals surface area contributed by atoms with Gasteiger partial charge in [0.15, 0.2) is 17.4 Å². The van der Waals surface area contributed by atoms with Crippen LogP contribution in [-0.4, -0.2) is 27.9 Å². The van der Waals surface area contributed by atoms with Gasteiger partial charge in [-0.05, 0) is 25.5 Å². The van der Waals surface area contributed by atoms with Crippen LogP contribution >= 0.6 is 0 Å². The first-order valence-corrected chi connectivity index (χ1v) is 8.33. The van der Waals surface area contributed by atoms with Gasteiger partial charge in [-0.1, -0.05) is 30.3 Å². The largest absolute Gasteiger partial charge is 0.491 e. The molecule has 1 N–H and O–H groups in total. The number of benzene rings is 2. The van der Waals surface area contributed by atoms with E-state index in [4.69, 9.17) is 4.74 Å². The summed E-state index contributed by atoms with van der Waals surface area (Å²) in [6, 6.07) is 11.9. The molecule has 0 saturated carbocycles. The van der Waals surface area contributed by atoms with E-state index in [0.29, 0.717) is 29.9 Å². The second-order valence-electron chi connectivity index (χ2n) is 6.11. The fourth-order valence-electron chi connectivity index (χ4n) is 2.88. The number of aliphatic hydroxyl groups is 1. The molecule has 3 rings (SSSR count). The number of rotatable bonds is 6. The average molecular weight is 358 g/mol. The van der Waals surface area contributed by atoms with Crippen LogP contribution in [0.25, 0.3) is 22.5 Å². The molecule has 136 valence electrons. The molecule has 0 spiro atoms. The molecule has 4 nitrogen and oxygen atoms in total. The van der Waals surface area contributed by atoms with Crippen molar-refractivity contribution in [2.24, 2.45) is 0 Å². The minimum absolute atomic E-state index is 0.364. The van der Waals surface area contributed by atoms with E-state index in [1.165, 1.54) is 19.2 Å². The molecular weight excluding hydrogens is 338 g/mol. The van der Waals surface area contributed by atoms with E-state index < -0.39 is 23.5 Å². The van der Waals surface area contributed by atoms with Crippen LogP contribution in [0, 0.1) is 11.6 Å². The number of ether oxygens (including phenoxy) is 1. The third-order valence-electron chi connectivity index (χ3n) is 4.15. The van der Waals surface area contributed by atoms with Crippen LogP contribution in [0.3, 0.4) is 0 Å². The standard InChI is InChI=1S/C20H20F2N2O2/c1-13(25)8-9-24-12-23-18(14-6-4-3-5-7-14)19(24)15-10-16(21)20(26-2)17(22)11-15/h3-7,10-13,25H,8-9H2,1-2H3/t13-/m1/s1. The lowest BCUT2D eigenvalue weighted by atomic mass is 10.0. The van der Waals surface area contributed by atoms with Gasteiger partial charge in [0, 0.05) is 17.7 Å². The fourth-order valence-corrected chi connectivity index (χ4v) is 2.88. The Morgan fingerprint density at radius 2 is 1.77 bits per heavy atom. The maximum Gasteiger partial charge on any atom is 0.190 e. The highest BCUT2D eigenvalue weighted by Crippen LogP contribution is 2.35. The molecule has 0 saturated heterocycles. The van der Waals surface area contributed by atoms with Crippen molar-refractivity contribution in [3.05, 3.63) is 60.4 Å². The monoisotopic (exact) mass is 358 g/mol. The molecule has 1 atom stereocenters. The predicted octanol–water partition coefficient (Wildman–Crippen LogP) is 4.27. The molecule has 6 heteroatoms. The first-order valence-electron chi connectivity index (χ1n) is 8.33. The van der Waals surface area contributed by atoms with Crippen molar-refractivity contribution in [2.75, 3.05) is 7.11 Å². The Morgan fingerprint density at radius 1 is 1.12 bits per heavy atom. The molecule has 2 aromatic carbocycles. The van der Waals surface area contributed by atoms with Crippen LogP contribution in [-0.2, 0) is 6.54 Å². The number of hydrogen-bond acceptors (Lipinski definition) is 3. The van der Waals surface area contributed by atoms with Gasteiger partial charge >= 0.3 is 0 Å². The Hall–Kier alpha value is -2.73. The van der Waals surface area contributed by atoms with Gasteiger partial charge in [0.2, 0.25) is 0 Å². The second-order valence-corrected chi connectivity index (χ2v) is 6.11. The van der Waals surface area contributed by atoms with Gasteiger partial charge in [-0.15, -0.1) is 0 Å². The zero-order chi connectivity index (χ0) is 18.7. The van der Waals surface area contributed by atoms with Gasteiger partial charge in [-0.3, -0.25) is 0 Å². The van der Waals surface area contributed by atoms with Crippen molar-refractivity contribution in [1.82, 2.24) is 9.55 Å². The minimum atomic E-state index is -0.773. The van der Waals surface area contributed by atoms with E-state index in [9.17, 15) is 13.9 Å². The van der Waals surface area contributed by atoms with E-state index in [-0.39, 0.29) is 0 Å². The van der Waals surface area contributed by atoms with Crippen LogP contribution in [0.4, 0.5) is 8.78 Å². The Labute approximate surface area is 150 Å². The number of imidazole rings is 1. The topological polar surface area (TPSA) is 47.3 Å². The van der Waals surface area contributed by atoms with Crippen LogP contribution in [0.1, 0.15) is 13.3 Å². The molecular formula is C20H20F2N2O2. The molecule has 3 aromatic rings. The summed E-state index contributed by atoms with van der Waals surface area (Å²) in [7, 11) is 1.23. The van der Waals surface area contributed by atoms with Crippen LogP contribution in [0.2, 0.25) is 0 Å². The summed E-state index contributed by atoms with van der Waals surface area (Å²) < 4.78 is 35.1. The Morgan fingerprint density at radius 3 is 2.35 bits per heavy atom. The van der Waals surface area contributed by atoms with Gasteiger partial charge in [-0.25, -0.2) is 13.8 Å². The number of aromatic nitrogens is 2. The summed E-state index contributed by atoms with van der Waals surface area (Å²) in [5.74, 6) is -1.96. The first kappa shape index (κ1) is 18.1. The zero-order valence-electron chi connectivity index (χ0n) is 14.6. The molecule has 0 unspecified atom stereocenters. The number of aliphatic hydroxyl groups excluding tert-OH is 1. The first-order chi connectivity index (χ1) is 12.5. The maximum absolute atomic E-state index is 14.2. The van der Waals surface area contributed by atoms with Gasteiger partial charge in [-0.2, -0.15) is 0 Å². The highest BCUT2D eigenvalue weighted by atomic mass is 19.1. The SMILES string of the molecule is COc1c(F)cc(-c2c(-c3ccccc3)ncn2CC[C@@H](C)O)cc1F. The molecule has 0 radical (unpaired) electrons. The molecule has 0 bridgehead atoms. The minimum Gasteiger partial charge on any atom is -0.491 e. The summed E-state index contributed by atoms with van der Waals surface area (Å²) in [5.41, 5.74) is 2.43. The summed E-state index contributed by atoms with van der Waals surface area (Å²) in [4.78, 5) is 4.45. The summed E-state index contributed by atoms with van der Waals surface area (Å²) >= 11 is 0. The Balaban J connectivity index is 2.15. The molecule has 1 heterocycles. The number of halogens is 2. The van der Waals surface area contributed by atoms with E-state index in [1.54, 1.807) is 17.8 Å². The van der Waals surface area contributed by atoms with Gasteiger partial charge in [0.1, 0.15) is 0 Å². The number of aryl methyl sites for hydroxylation is 1. The molecule has 0 aliphatic carbocycles. The number of methoxy groups -OCH3 is 1. The van der Waals surface area contributed by atoms with E-state index in [2.05, 4.69) is 4.98 Å². The third kappa shape index (κ3) is 3.60. The van der Waals surface area contributed by atoms with Gasteiger partial charge in [0.05, 0.1) is 30.9 Å². The van der Waals surface area contributed by atoms with Crippen molar-refractivity contribution in [2.45, 2.75) is 26.0 Å². The van der Waals surface area contributed by atoms with Crippen molar-refractivity contribution in [3.63, 3.8) is 0 Å². The van der Waals surface area contributed by atoms with E-state index in [0.717, 1.165) is 5.56 Å². The normalized spacial score (nSPS) is 12.2. The summed E-state index contributed by atoms with van der Waals surface area (Å²) in [6.45, 7) is 2.17. The molecule has 0 aliphatic heterocycles. The summed E-state index contributed by atoms with van der Waals surface area (Å²) in [6.07, 6.45) is 1.63. The molecule has 0 aliphatic rings. The molecule has 26 heavy (non-hydrogen) atoms. The Bertz CT molecular complexity index is 869. The van der Waals surface area contributed by atoms with Crippen LogP contribution in [0.15, 0.2) is 48.8 Å². The average Bonchev–Trinajstić information content (AvgIpc) is 3.04. The van der Waals surface area contributed by atoms with Crippen LogP contribution in [0.5, 0.6) is 5.75 Å². The summed E-state index contributed by atoms with van der Waals surface area (Å²) in [5, 5.41) is 9.59. The molecule has 0 amide bonds. The molecule has 0 fully saturated rings. The second kappa shape index (κ2) is 7.66. The third-order valence-corrected chi connectivity index (χ3v) is 4.15. The van der Waals surface area contributed by atoms with Crippen molar-refractivity contribution in [3.8, 4) is 28.3 Å². The maximum atomic E-state index is 14.2. The number of nitrogens with zero attached hydrogens (tertiary/aromatic N) is 2. The lowest BCUT2D eigenvalue weighted by Crippen LogP contribution is -2.07. The number of hydrogen-bond donors (Lipinski definition) is 1. The fraction of sp³-hybridized carbons (Fsp3) is 0.250. The van der Waals surface area contributed by atoms with Gasteiger partial charge < -0.3 is 14.4 Å². The van der Waals surface area contributed by atoms with Crippen molar-refractivity contribution >= 4 is 0 Å². The van der Waals surface area contributed by atoms with Gasteiger partial charge in [0.25, 0.3) is 0 Å². The quantitative estimate of drug-likeness (QED) is 0.716. The van der Waals surface area contributed by atoms with Crippen molar-refractivity contribution < 1.29 is 18.6 Å². The van der Waals surface area contributed by atoms with E-state index in [1.807, 2.05) is 30.3 Å². The Kier molecular flexibility index (Phi) is 5.32. The van der Waals surface area contributed by atoms with E-state index >= 15 is 0 Å². The lowest BCUT2D eigenvalue weighted by Gasteiger charge is -2.13. The highest BCUT2D eigenvalue weighted by molar-refractivity contribution is 5.79. The smallest absolute Gasteiger partial charge is 0.190 e. The lowest BCUT2D eigenvalue weighted by molar-refractivity contribution is 0.178. The van der Waals surface area contributed by atoms with Crippen LogP contribution < -0.4 is 4.74 Å². The van der Waals surface area contributed by atoms with Crippen molar-refractivity contribution in [1.29, 1.82) is 0 Å². The predicted molar refractivity (Wildman–Crippen MR) is 95.9 cm³/mol. The zero-order valence-corrected chi connectivity index (χ0v) is 14.6. The highest BCUT2D eigenvalue weighted by Gasteiger charge is 2.19.